The standard InChI is InChI=1S/C20H23N3OS/c24-18-13-20(7-10-22(11-8-20)19-21-9-12-25-19)16-3-1-2-4-17(16)23(18)14-15-5-6-15/h1-4,9,12,15H,5-8,10-11,13-14H2. The minimum absolute atomic E-state index is 0.0154. The molecule has 0 unspecified atom stereocenters. The van der Waals surface area contributed by atoms with Crippen LogP contribution < -0.4 is 9.80 Å². The number of piperidine rings is 1. The van der Waals surface area contributed by atoms with Crippen molar-refractivity contribution in [3.05, 3.63) is 41.4 Å². The Balaban J connectivity index is 1.44. The second kappa shape index (κ2) is 5.84. The van der Waals surface area contributed by atoms with Crippen molar-refractivity contribution in [2.75, 3.05) is 29.4 Å². The van der Waals surface area contributed by atoms with E-state index in [1.165, 1.54) is 24.1 Å². The number of rotatable bonds is 3. The minimum Gasteiger partial charge on any atom is -0.348 e. The molecule has 4 nitrogen and oxygen atoms in total. The van der Waals surface area contributed by atoms with E-state index in [1.807, 2.05) is 11.6 Å². The lowest BCUT2D eigenvalue weighted by Gasteiger charge is -2.47. The predicted octanol–water partition coefficient (Wildman–Crippen LogP) is 3.83. The van der Waals surface area contributed by atoms with Crippen LogP contribution in [0, 0.1) is 5.92 Å². The molecule has 0 radical (unpaired) electrons. The molecule has 0 bridgehead atoms. The highest BCUT2D eigenvalue weighted by Crippen LogP contribution is 2.48. The molecule has 5 heteroatoms. The van der Waals surface area contributed by atoms with Gasteiger partial charge in [0, 0.05) is 48.7 Å². The van der Waals surface area contributed by atoms with Gasteiger partial charge >= 0.3 is 0 Å². The summed E-state index contributed by atoms with van der Waals surface area (Å²) in [7, 11) is 0. The van der Waals surface area contributed by atoms with Crippen molar-refractivity contribution >= 4 is 28.1 Å². The Morgan fingerprint density at radius 3 is 2.72 bits per heavy atom. The molecule has 1 spiro atoms. The van der Waals surface area contributed by atoms with E-state index in [1.54, 1.807) is 11.3 Å². The summed E-state index contributed by atoms with van der Waals surface area (Å²) in [5.74, 6) is 1.05. The van der Waals surface area contributed by atoms with E-state index in [0.29, 0.717) is 12.3 Å². The van der Waals surface area contributed by atoms with Gasteiger partial charge in [0.25, 0.3) is 0 Å². The number of amides is 1. The molecule has 1 aromatic carbocycles. The first kappa shape index (κ1) is 15.4. The molecular formula is C20H23N3OS. The molecule has 1 aliphatic carbocycles. The summed E-state index contributed by atoms with van der Waals surface area (Å²) in [5.41, 5.74) is 2.59. The maximum atomic E-state index is 13.0. The van der Waals surface area contributed by atoms with E-state index in [0.717, 1.165) is 43.5 Å². The molecule has 1 saturated carbocycles. The number of aromatic nitrogens is 1. The number of hydrogen-bond donors (Lipinski definition) is 0. The normalized spacial score (nSPS) is 22.3. The van der Waals surface area contributed by atoms with Gasteiger partial charge in [-0.1, -0.05) is 18.2 Å². The minimum atomic E-state index is 0.0154. The van der Waals surface area contributed by atoms with Crippen LogP contribution >= 0.6 is 11.3 Å². The lowest BCUT2D eigenvalue weighted by Crippen LogP contribution is -2.50. The number of benzene rings is 1. The summed E-state index contributed by atoms with van der Waals surface area (Å²) in [4.78, 5) is 21.9. The molecule has 0 atom stereocenters. The molecule has 0 N–H and O–H groups in total. The zero-order chi connectivity index (χ0) is 16.9. The van der Waals surface area contributed by atoms with E-state index in [9.17, 15) is 4.79 Å². The molecule has 3 aliphatic rings. The summed E-state index contributed by atoms with van der Waals surface area (Å²) in [5, 5.41) is 3.15. The molecule has 2 aromatic rings. The third-order valence-electron chi connectivity index (χ3n) is 6.10. The van der Waals surface area contributed by atoms with Crippen molar-refractivity contribution in [1.29, 1.82) is 0 Å². The van der Waals surface area contributed by atoms with Crippen LogP contribution in [0.4, 0.5) is 10.8 Å². The summed E-state index contributed by atoms with van der Waals surface area (Å²) >= 11 is 1.70. The van der Waals surface area contributed by atoms with Crippen LogP contribution in [0.25, 0.3) is 0 Å². The van der Waals surface area contributed by atoms with Crippen LogP contribution in [0.15, 0.2) is 35.8 Å². The van der Waals surface area contributed by atoms with Crippen LogP contribution in [0.1, 0.15) is 37.7 Å². The molecular weight excluding hydrogens is 330 g/mol. The Morgan fingerprint density at radius 2 is 2.00 bits per heavy atom. The molecule has 5 rings (SSSR count). The first-order valence-electron chi connectivity index (χ1n) is 9.29. The predicted molar refractivity (Wildman–Crippen MR) is 101 cm³/mol. The molecule has 130 valence electrons. The Labute approximate surface area is 152 Å². The van der Waals surface area contributed by atoms with Crippen molar-refractivity contribution in [3.8, 4) is 0 Å². The van der Waals surface area contributed by atoms with Gasteiger partial charge in [0.05, 0.1) is 0 Å². The van der Waals surface area contributed by atoms with E-state index >= 15 is 0 Å². The zero-order valence-corrected chi connectivity index (χ0v) is 15.2. The SMILES string of the molecule is O=C1CC2(CCN(c3nccs3)CC2)c2ccccc2N1CC1CC1. The van der Waals surface area contributed by atoms with Crippen molar-refractivity contribution in [1.82, 2.24) is 4.98 Å². The van der Waals surface area contributed by atoms with E-state index in [-0.39, 0.29) is 5.41 Å². The van der Waals surface area contributed by atoms with Gasteiger partial charge in [-0.3, -0.25) is 4.79 Å². The summed E-state index contributed by atoms with van der Waals surface area (Å²) in [6.07, 6.45) is 7.17. The lowest BCUT2D eigenvalue weighted by molar-refractivity contribution is -0.120. The Morgan fingerprint density at radius 1 is 1.20 bits per heavy atom. The van der Waals surface area contributed by atoms with Crippen molar-refractivity contribution < 1.29 is 4.79 Å². The molecule has 25 heavy (non-hydrogen) atoms. The van der Waals surface area contributed by atoms with Crippen molar-refractivity contribution in [3.63, 3.8) is 0 Å². The molecule has 1 aromatic heterocycles. The molecule has 3 heterocycles. The maximum absolute atomic E-state index is 13.0. The Kier molecular flexibility index (Phi) is 3.59. The Bertz CT molecular complexity index is 776. The monoisotopic (exact) mass is 353 g/mol. The smallest absolute Gasteiger partial charge is 0.227 e. The molecule has 2 fully saturated rings. The number of para-hydroxylation sites is 1. The van der Waals surface area contributed by atoms with Crippen LogP contribution in [0.5, 0.6) is 0 Å². The second-order valence-corrected chi connectivity index (χ2v) is 8.60. The zero-order valence-electron chi connectivity index (χ0n) is 14.4. The summed E-state index contributed by atoms with van der Waals surface area (Å²) < 4.78 is 0. The second-order valence-electron chi connectivity index (χ2n) is 7.72. The highest BCUT2D eigenvalue weighted by molar-refractivity contribution is 7.13. The molecule has 1 saturated heterocycles. The van der Waals surface area contributed by atoms with E-state index < -0.39 is 0 Å². The van der Waals surface area contributed by atoms with Gasteiger partial charge in [0.1, 0.15) is 0 Å². The summed E-state index contributed by atoms with van der Waals surface area (Å²) in [6.45, 7) is 2.88. The van der Waals surface area contributed by atoms with Gasteiger partial charge in [0.15, 0.2) is 5.13 Å². The third kappa shape index (κ3) is 2.65. The topological polar surface area (TPSA) is 36.4 Å². The molecule has 2 aliphatic heterocycles. The quantitative estimate of drug-likeness (QED) is 0.841. The first-order valence-corrected chi connectivity index (χ1v) is 10.2. The summed E-state index contributed by atoms with van der Waals surface area (Å²) in [6, 6.07) is 8.64. The fourth-order valence-corrected chi connectivity index (χ4v) is 5.17. The van der Waals surface area contributed by atoms with Crippen LogP contribution in [-0.2, 0) is 10.2 Å². The average Bonchev–Trinajstić information content (AvgIpc) is 3.30. The number of thiazole rings is 1. The Hall–Kier alpha value is -1.88. The van der Waals surface area contributed by atoms with Gasteiger partial charge in [-0.05, 0) is 43.2 Å². The van der Waals surface area contributed by atoms with Gasteiger partial charge in [0.2, 0.25) is 5.91 Å². The van der Waals surface area contributed by atoms with E-state index in [4.69, 9.17) is 0 Å². The van der Waals surface area contributed by atoms with Crippen LogP contribution in [0.2, 0.25) is 0 Å². The van der Waals surface area contributed by atoms with Gasteiger partial charge < -0.3 is 9.80 Å². The number of hydrogen-bond acceptors (Lipinski definition) is 4. The largest absolute Gasteiger partial charge is 0.348 e. The highest BCUT2D eigenvalue weighted by atomic mass is 32.1. The number of carbonyl (C=O) groups is 1. The lowest BCUT2D eigenvalue weighted by atomic mass is 9.67. The highest BCUT2D eigenvalue weighted by Gasteiger charge is 2.45. The fraction of sp³-hybridized carbons (Fsp3) is 0.500. The number of anilines is 2. The van der Waals surface area contributed by atoms with Gasteiger partial charge in [-0.2, -0.15) is 0 Å². The third-order valence-corrected chi connectivity index (χ3v) is 6.94. The number of nitrogens with zero attached hydrogens (tertiary/aromatic N) is 3. The average molecular weight is 353 g/mol. The van der Waals surface area contributed by atoms with Crippen LogP contribution in [0.3, 0.4) is 0 Å². The fourth-order valence-electron chi connectivity index (χ4n) is 4.47. The van der Waals surface area contributed by atoms with E-state index in [2.05, 4.69) is 39.0 Å². The maximum Gasteiger partial charge on any atom is 0.227 e. The van der Waals surface area contributed by atoms with Crippen LogP contribution in [-0.4, -0.2) is 30.5 Å². The number of carbonyl (C=O) groups excluding carboxylic acids is 1. The van der Waals surface area contributed by atoms with Crippen molar-refractivity contribution in [2.24, 2.45) is 5.92 Å². The first-order chi connectivity index (χ1) is 12.3. The number of fused-ring (bicyclic) bond motifs is 2. The van der Waals surface area contributed by atoms with Crippen molar-refractivity contribution in [2.45, 2.75) is 37.5 Å². The molecule has 1 amide bonds. The van der Waals surface area contributed by atoms with Gasteiger partial charge in [-0.25, -0.2) is 4.98 Å². The van der Waals surface area contributed by atoms with Gasteiger partial charge in [-0.15, -0.1) is 11.3 Å².